The minimum absolute atomic E-state index is 0.484. The summed E-state index contributed by atoms with van der Waals surface area (Å²) < 4.78 is 10.2. The van der Waals surface area contributed by atoms with E-state index in [4.69, 9.17) is 14.9 Å². The molecule has 0 amide bonds. The van der Waals surface area contributed by atoms with Gasteiger partial charge in [-0.2, -0.15) is 0 Å². The lowest BCUT2D eigenvalue weighted by Crippen LogP contribution is -1.99. The lowest BCUT2D eigenvalue weighted by molar-refractivity contribution is 0.414. The van der Waals surface area contributed by atoms with E-state index in [9.17, 15) is 0 Å². The van der Waals surface area contributed by atoms with E-state index in [0.717, 1.165) is 22.4 Å². The summed E-state index contributed by atoms with van der Waals surface area (Å²) in [5.74, 6) is 0.822. The molecular formula is C12H13NO2. The van der Waals surface area contributed by atoms with Crippen molar-refractivity contribution in [2.24, 2.45) is 5.73 Å². The summed E-state index contributed by atoms with van der Waals surface area (Å²) in [5, 5.41) is 0. The highest BCUT2D eigenvalue weighted by Gasteiger charge is 2.06. The van der Waals surface area contributed by atoms with Crippen molar-refractivity contribution >= 4 is 0 Å². The molecule has 0 bridgehead atoms. The number of hydrogen-bond acceptors (Lipinski definition) is 3. The Labute approximate surface area is 88.5 Å². The summed E-state index contributed by atoms with van der Waals surface area (Å²) in [4.78, 5) is 0. The summed E-state index contributed by atoms with van der Waals surface area (Å²) in [6.45, 7) is 0.484. The van der Waals surface area contributed by atoms with Gasteiger partial charge in [-0.15, -0.1) is 0 Å². The third-order valence-electron chi connectivity index (χ3n) is 2.36. The molecule has 0 radical (unpaired) electrons. The van der Waals surface area contributed by atoms with Gasteiger partial charge in [0.1, 0.15) is 5.75 Å². The van der Waals surface area contributed by atoms with Crippen LogP contribution in [0.4, 0.5) is 0 Å². The minimum atomic E-state index is 0.484. The Kier molecular flexibility index (Phi) is 2.74. The second kappa shape index (κ2) is 4.19. The third-order valence-corrected chi connectivity index (χ3v) is 2.36. The molecule has 0 saturated carbocycles. The van der Waals surface area contributed by atoms with Crippen LogP contribution in [0.2, 0.25) is 0 Å². The maximum absolute atomic E-state index is 5.69. The second-order valence-electron chi connectivity index (χ2n) is 3.24. The molecule has 1 aromatic heterocycles. The van der Waals surface area contributed by atoms with Crippen molar-refractivity contribution in [2.75, 3.05) is 7.11 Å². The zero-order valence-corrected chi connectivity index (χ0v) is 8.57. The van der Waals surface area contributed by atoms with E-state index in [0.29, 0.717) is 6.54 Å². The van der Waals surface area contributed by atoms with Crippen LogP contribution in [0, 0.1) is 0 Å². The average Bonchev–Trinajstić information content (AvgIpc) is 2.81. The van der Waals surface area contributed by atoms with Crippen LogP contribution >= 0.6 is 0 Å². The quantitative estimate of drug-likeness (QED) is 0.833. The zero-order chi connectivity index (χ0) is 10.7. The van der Waals surface area contributed by atoms with Crippen molar-refractivity contribution in [1.29, 1.82) is 0 Å². The molecule has 0 fully saturated rings. The van der Waals surface area contributed by atoms with Crippen LogP contribution in [0.25, 0.3) is 11.1 Å². The van der Waals surface area contributed by atoms with Crippen molar-refractivity contribution in [3.8, 4) is 16.9 Å². The van der Waals surface area contributed by atoms with Gasteiger partial charge >= 0.3 is 0 Å². The Morgan fingerprint density at radius 2 is 2.20 bits per heavy atom. The highest BCUT2D eigenvalue weighted by molar-refractivity contribution is 5.67. The van der Waals surface area contributed by atoms with E-state index in [2.05, 4.69) is 0 Å². The predicted molar refractivity (Wildman–Crippen MR) is 58.6 cm³/mol. The molecule has 0 spiro atoms. The van der Waals surface area contributed by atoms with E-state index >= 15 is 0 Å². The molecule has 3 heteroatoms. The van der Waals surface area contributed by atoms with Gasteiger partial charge in [-0.25, -0.2) is 0 Å². The number of furan rings is 1. The van der Waals surface area contributed by atoms with Gasteiger partial charge in [0.2, 0.25) is 0 Å². The van der Waals surface area contributed by atoms with Crippen LogP contribution in [0.3, 0.4) is 0 Å². The van der Waals surface area contributed by atoms with Crippen LogP contribution in [0.5, 0.6) is 5.75 Å². The van der Waals surface area contributed by atoms with Crippen LogP contribution < -0.4 is 10.5 Å². The van der Waals surface area contributed by atoms with Crippen molar-refractivity contribution in [3.05, 3.63) is 42.4 Å². The first-order valence-corrected chi connectivity index (χ1v) is 4.74. The molecule has 2 rings (SSSR count). The molecule has 15 heavy (non-hydrogen) atoms. The topological polar surface area (TPSA) is 48.4 Å². The van der Waals surface area contributed by atoms with Gasteiger partial charge < -0.3 is 14.9 Å². The molecule has 0 unspecified atom stereocenters. The maximum atomic E-state index is 5.69. The van der Waals surface area contributed by atoms with E-state index < -0.39 is 0 Å². The van der Waals surface area contributed by atoms with Crippen molar-refractivity contribution in [3.63, 3.8) is 0 Å². The molecular weight excluding hydrogens is 190 g/mol. The van der Waals surface area contributed by atoms with Crippen molar-refractivity contribution < 1.29 is 9.15 Å². The number of rotatable bonds is 3. The summed E-state index contributed by atoms with van der Waals surface area (Å²) in [7, 11) is 1.65. The van der Waals surface area contributed by atoms with Crippen LogP contribution in [-0.4, -0.2) is 7.11 Å². The fourth-order valence-electron chi connectivity index (χ4n) is 1.57. The van der Waals surface area contributed by atoms with Gasteiger partial charge in [0.05, 0.1) is 19.6 Å². The first-order valence-electron chi connectivity index (χ1n) is 4.74. The smallest absolute Gasteiger partial charge is 0.119 e. The Morgan fingerprint density at radius 1 is 1.33 bits per heavy atom. The normalized spacial score (nSPS) is 10.3. The number of methoxy groups -OCH3 is 1. The summed E-state index contributed by atoms with van der Waals surface area (Å²) in [5.41, 5.74) is 8.88. The van der Waals surface area contributed by atoms with Gasteiger partial charge in [0.15, 0.2) is 0 Å². The summed E-state index contributed by atoms with van der Waals surface area (Å²) in [6, 6.07) is 7.77. The minimum Gasteiger partial charge on any atom is -0.497 e. The summed E-state index contributed by atoms with van der Waals surface area (Å²) in [6.07, 6.45) is 3.36. The number of ether oxygens (including phenoxy) is 1. The van der Waals surface area contributed by atoms with Gasteiger partial charge in [-0.3, -0.25) is 0 Å². The molecule has 0 aliphatic carbocycles. The van der Waals surface area contributed by atoms with Gasteiger partial charge in [-0.05, 0) is 29.3 Å². The highest BCUT2D eigenvalue weighted by atomic mass is 16.5. The van der Waals surface area contributed by atoms with Crippen LogP contribution in [0.15, 0.2) is 41.2 Å². The van der Waals surface area contributed by atoms with Crippen molar-refractivity contribution in [1.82, 2.24) is 0 Å². The number of nitrogens with two attached hydrogens (primary N) is 1. The lowest BCUT2D eigenvalue weighted by Gasteiger charge is -2.07. The van der Waals surface area contributed by atoms with E-state index in [-0.39, 0.29) is 0 Å². The highest BCUT2D eigenvalue weighted by Crippen LogP contribution is 2.27. The van der Waals surface area contributed by atoms with Crippen LogP contribution in [-0.2, 0) is 6.54 Å². The molecule has 2 aromatic rings. The first kappa shape index (κ1) is 9.80. The molecule has 3 nitrogen and oxygen atoms in total. The van der Waals surface area contributed by atoms with E-state index in [1.807, 2.05) is 24.3 Å². The molecule has 0 aliphatic rings. The fraction of sp³-hybridized carbons (Fsp3) is 0.167. The van der Waals surface area contributed by atoms with E-state index in [1.165, 1.54) is 0 Å². The van der Waals surface area contributed by atoms with Crippen LogP contribution in [0.1, 0.15) is 5.56 Å². The monoisotopic (exact) mass is 203 g/mol. The largest absolute Gasteiger partial charge is 0.497 e. The molecule has 0 saturated heterocycles. The SMILES string of the molecule is COc1ccc(-c2ccoc2)c(CN)c1. The standard InChI is InChI=1S/C12H13NO2/c1-14-11-2-3-12(10(6-11)7-13)9-4-5-15-8-9/h2-6,8H,7,13H2,1H3. The maximum Gasteiger partial charge on any atom is 0.119 e. The van der Waals surface area contributed by atoms with E-state index in [1.54, 1.807) is 19.6 Å². The summed E-state index contributed by atoms with van der Waals surface area (Å²) >= 11 is 0. The molecule has 1 heterocycles. The number of hydrogen-bond donors (Lipinski definition) is 1. The molecule has 2 N–H and O–H groups in total. The molecule has 1 aromatic carbocycles. The van der Waals surface area contributed by atoms with Gasteiger partial charge in [-0.1, -0.05) is 6.07 Å². The predicted octanol–water partition coefficient (Wildman–Crippen LogP) is 2.41. The molecule has 0 aliphatic heterocycles. The molecule has 78 valence electrons. The lowest BCUT2D eigenvalue weighted by atomic mass is 10.0. The van der Waals surface area contributed by atoms with Crippen molar-refractivity contribution in [2.45, 2.75) is 6.54 Å². The Balaban J connectivity index is 2.48. The average molecular weight is 203 g/mol. The Morgan fingerprint density at radius 3 is 2.80 bits per heavy atom. The zero-order valence-electron chi connectivity index (χ0n) is 8.57. The second-order valence-corrected chi connectivity index (χ2v) is 3.24. The molecule has 0 atom stereocenters. The van der Waals surface area contributed by atoms with Gasteiger partial charge in [0, 0.05) is 12.1 Å². The first-order chi connectivity index (χ1) is 7.35. The van der Waals surface area contributed by atoms with Gasteiger partial charge in [0.25, 0.3) is 0 Å². The fourth-order valence-corrected chi connectivity index (χ4v) is 1.57. The number of benzene rings is 1. The Hall–Kier alpha value is -1.74. The third kappa shape index (κ3) is 1.87. The Bertz CT molecular complexity index is 435.